The van der Waals surface area contributed by atoms with Gasteiger partial charge in [-0.05, 0) is 42.8 Å². The standard InChI is InChI=1S/C20H21N5O/c1-15-4-5-17(25-9-11-26-12-10-25)13-19(15)24-20-22-8-6-18(23-20)16-3-2-7-21-14-16/h2-8,13-14H,9-12H2,1H3,(H,22,23,24). The second-order valence-electron chi connectivity index (χ2n) is 6.23. The van der Waals surface area contributed by atoms with Gasteiger partial charge in [-0.2, -0.15) is 0 Å². The molecule has 6 nitrogen and oxygen atoms in total. The quantitative estimate of drug-likeness (QED) is 0.780. The Labute approximate surface area is 152 Å². The van der Waals surface area contributed by atoms with E-state index in [2.05, 4.69) is 50.3 Å². The Hall–Kier alpha value is -2.99. The van der Waals surface area contributed by atoms with Gasteiger partial charge in [-0.1, -0.05) is 6.07 Å². The van der Waals surface area contributed by atoms with Crippen molar-refractivity contribution < 1.29 is 4.74 Å². The first-order chi connectivity index (χ1) is 12.8. The zero-order valence-corrected chi connectivity index (χ0v) is 14.7. The number of hydrogen-bond acceptors (Lipinski definition) is 6. The van der Waals surface area contributed by atoms with Crippen molar-refractivity contribution in [2.24, 2.45) is 0 Å². The van der Waals surface area contributed by atoms with Crippen LogP contribution >= 0.6 is 0 Å². The van der Waals surface area contributed by atoms with Crippen molar-refractivity contribution in [2.45, 2.75) is 6.92 Å². The third-order valence-corrected chi connectivity index (χ3v) is 4.46. The average Bonchev–Trinajstić information content (AvgIpc) is 2.71. The summed E-state index contributed by atoms with van der Waals surface area (Å²) in [5, 5.41) is 3.36. The van der Waals surface area contributed by atoms with E-state index in [1.165, 1.54) is 5.69 Å². The van der Waals surface area contributed by atoms with Crippen LogP contribution in [0.2, 0.25) is 0 Å². The lowest BCUT2D eigenvalue weighted by atomic mass is 10.1. The van der Waals surface area contributed by atoms with Gasteiger partial charge >= 0.3 is 0 Å². The van der Waals surface area contributed by atoms with Crippen LogP contribution in [0.3, 0.4) is 0 Å². The van der Waals surface area contributed by atoms with Gasteiger partial charge in [-0.15, -0.1) is 0 Å². The van der Waals surface area contributed by atoms with Crippen LogP contribution in [0.15, 0.2) is 55.0 Å². The minimum absolute atomic E-state index is 0.577. The number of aromatic nitrogens is 3. The number of aryl methyl sites for hydroxylation is 1. The summed E-state index contributed by atoms with van der Waals surface area (Å²) in [5.74, 6) is 0.577. The molecule has 1 aliphatic heterocycles. The van der Waals surface area contributed by atoms with Crippen LogP contribution in [-0.4, -0.2) is 41.3 Å². The zero-order chi connectivity index (χ0) is 17.8. The second kappa shape index (κ2) is 7.49. The van der Waals surface area contributed by atoms with E-state index in [-0.39, 0.29) is 0 Å². The van der Waals surface area contributed by atoms with Crippen LogP contribution in [0.1, 0.15) is 5.56 Å². The first kappa shape index (κ1) is 16.5. The Balaban J connectivity index is 1.59. The van der Waals surface area contributed by atoms with Crippen molar-refractivity contribution in [1.82, 2.24) is 15.0 Å². The molecule has 0 unspecified atom stereocenters. The number of morpholine rings is 1. The predicted octanol–water partition coefficient (Wildman–Crippen LogP) is 3.43. The molecule has 1 fully saturated rings. The summed E-state index contributed by atoms with van der Waals surface area (Å²) >= 11 is 0. The van der Waals surface area contributed by atoms with Crippen LogP contribution in [-0.2, 0) is 4.74 Å². The number of hydrogen-bond donors (Lipinski definition) is 1. The summed E-state index contributed by atoms with van der Waals surface area (Å²) in [6.45, 7) is 5.45. The van der Waals surface area contributed by atoms with Crippen molar-refractivity contribution in [1.29, 1.82) is 0 Å². The average molecular weight is 347 g/mol. The summed E-state index contributed by atoms with van der Waals surface area (Å²) in [6, 6.07) is 12.2. The van der Waals surface area contributed by atoms with Gasteiger partial charge in [0.25, 0.3) is 0 Å². The van der Waals surface area contributed by atoms with E-state index in [4.69, 9.17) is 4.74 Å². The third kappa shape index (κ3) is 3.65. The van der Waals surface area contributed by atoms with Crippen molar-refractivity contribution in [3.8, 4) is 11.3 Å². The van der Waals surface area contributed by atoms with E-state index in [1.54, 1.807) is 18.6 Å². The molecule has 3 heterocycles. The first-order valence-corrected chi connectivity index (χ1v) is 8.73. The van der Waals surface area contributed by atoms with Crippen LogP contribution in [0.25, 0.3) is 11.3 Å². The van der Waals surface area contributed by atoms with Crippen LogP contribution < -0.4 is 10.2 Å². The van der Waals surface area contributed by atoms with E-state index < -0.39 is 0 Å². The fourth-order valence-corrected chi connectivity index (χ4v) is 2.98. The zero-order valence-electron chi connectivity index (χ0n) is 14.7. The molecule has 1 N–H and O–H groups in total. The molecule has 1 saturated heterocycles. The maximum atomic E-state index is 5.44. The van der Waals surface area contributed by atoms with E-state index in [0.29, 0.717) is 5.95 Å². The number of nitrogens with zero attached hydrogens (tertiary/aromatic N) is 4. The summed E-state index contributed by atoms with van der Waals surface area (Å²) in [7, 11) is 0. The number of nitrogens with one attached hydrogen (secondary N) is 1. The molecule has 1 aromatic carbocycles. The lowest BCUT2D eigenvalue weighted by molar-refractivity contribution is 0.122. The highest BCUT2D eigenvalue weighted by atomic mass is 16.5. The fourth-order valence-electron chi connectivity index (χ4n) is 2.98. The highest BCUT2D eigenvalue weighted by molar-refractivity contribution is 5.67. The van der Waals surface area contributed by atoms with Gasteiger partial charge in [0.15, 0.2) is 0 Å². The monoisotopic (exact) mass is 347 g/mol. The fraction of sp³-hybridized carbons (Fsp3) is 0.250. The normalized spacial score (nSPS) is 14.3. The Morgan fingerprint density at radius 3 is 2.77 bits per heavy atom. The number of pyridine rings is 1. The molecule has 1 aliphatic rings. The second-order valence-corrected chi connectivity index (χ2v) is 6.23. The number of anilines is 3. The molecule has 4 rings (SSSR count). The predicted molar refractivity (Wildman–Crippen MR) is 103 cm³/mol. The van der Waals surface area contributed by atoms with Gasteiger partial charge in [0.2, 0.25) is 5.95 Å². The molecule has 6 heteroatoms. The summed E-state index contributed by atoms with van der Waals surface area (Å²) in [4.78, 5) is 15.5. The number of rotatable bonds is 4. The first-order valence-electron chi connectivity index (χ1n) is 8.73. The lowest BCUT2D eigenvalue weighted by Gasteiger charge is -2.29. The highest BCUT2D eigenvalue weighted by Gasteiger charge is 2.13. The number of ether oxygens (including phenoxy) is 1. The Morgan fingerprint density at radius 1 is 1.08 bits per heavy atom. The van der Waals surface area contributed by atoms with Crippen molar-refractivity contribution in [3.05, 3.63) is 60.6 Å². The lowest BCUT2D eigenvalue weighted by Crippen LogP contribution is -2.36. The molecule has 0 bridgehead atoms. The SMILES string of the molecule is Cc1ccc(N2CCOCC2)cc1Nc1nccc(-c2cccnc2)n1. The maximum absolute atomic E-state index is 5.44. The van der Waals surface area contributed by atoms with Crippen LogP contribution in [0.4, 0.5) is 17.3 Å². The molecule has 132 valence electrons. The Kier molecular flexibility index (Phi) is 4.75. The molecule has 0 saturated carbocycles. The van der Waals surface area contributed by atoms with E-state index in [0.717, 1.165) is 48.8 Å². The van der Waals surface area contributed by atoms with Crippen molar-refractivity contribution in [2.75, 3.05) is 36.5 Å². The van der Waals surface area contributed by atoms with Crippen LogP contribution in [0.5, 0.6) is 0 Å². The van der Waals surface area contributed by atoms with Crippen LogP contribution in [0, 0.1) is 6.92 Å². The molecular formula is C20H21N5O. The highest BCUT2D eigenvalue weighted by Crippen LogP contribution is 2.26. The maximum Gasteiger partial charge on any atom is 0.227 e. The largest absolute Gasteiger partial charge is 0.378 e. The molecule has 0 amide bonds. The molecule has 2 aromatic heterocycles. The molecule has 26 heavy (non-hydrogen) atoms. The van der Waals surface area contributed by atoms with E-state index in [1.807, 2.05) is 18.2 Å². The summed E-state index contributed by atoms with van der Waals surface area (Å²) in [6.07, 6.45) is 5.32. The van der Waals surface area contributed by atoms with Gasteiger partial charge in [0, 0.05) is 48.6 Å². The summed E-state index contributed by atoms with van der Waals surface area (Å²) in [5.41, 5.74) is 5.16. The summed E-state index contributed by atoms with van der Waals surface area (Å²) < 4.78 is 5.44. The Bertz CT molecular complexity index is 878. The minimum atomic E-state index is 0.577. The van der Waals surface area contributed by atoms with Crippen molar-refractivity contribution >= 4 is 17.3 Å². The third-order valence-electron chi connectivity index (χ3n) is 4.46. The number of benzene rings is 1. The van der Waals surface area contributed by atoms with Gasteiger partial charge < -0.3 is 15.0 Å². The van der Waals surface area contributed by atoms with Gasteiger partial charge in [0.1, 0.15) is 0 Å². The molecule has 0 radical (unpaired) electrons. The van der Waals surface area contributed by atoms with E-state index >= 15 is 0 Å². The van der Waals surface area contributed by atoms with Gasteiger partial charge in [-0.3, -0.25) is 4.98 Å². The van der Waals surface area contributed by atoms with Gasteiger partial charge in [-0.25, -0.2) is 9.97 Å². The minimum Gasteiger partial charge on any atom is -0.378 e. The molecule has 3 aromatic rings. The van der Waals surface area contributed by atoms with E-state index in [9.17, 15) is 0 Å². The van der Waals surface area contributed by atoms with Gasteiger partial charge in [0.05, 0.1) is 18.9 Å². The molecular weight excluding hydrogens is 326 g/mol. The molecule has 0 aliphatic carbocycles. The molecule has 0 spiro atoms. The smallest absolute Gasteiger partial charge is 0.227 e. The Morgan fingerprint density at radius 2 is 1.96 bits per heavy atom. The topological polar surface area (TPSA) is 63.2 Å². The van der Waals surface area contributed by atoms with Crippen molar-refractivity contribution in [3.63, 3.8) is 0 Å². The molecule has 0 atom stereocenters.